The minimum Gasteiger partial charge on any atom is -0.389 e. The molecule has 2 rings (SSSR count). The summed E-state index contributed by atoms with van der Waals surface area (Å²) in [7, 11) is -3.86. The fourth-order valence-corrected chi connectivity index (χ4v) is 4.91. The lowest BCUT2D eigenvalue weighted by molar-refractivity contribution is -0.383. The molecule has 0 aliphatic carbocycles. The fraction of sp³-hybridized carbons (Fsp3) is 0.556. The molecule has 20 heavy (non-hydrogen) atoms. The van der Waals surface area contributed by atoms with Crippen molar-refractivity contribution in [2.45, 2.75) is 23.2 Å². The normalized spacial score (nSPS) is 23.9. The van der Waals surface area contributed by atoms with Gasteiger partial charge in [-0.05, 0) is 13.3 Å². The van der Waals surface area contributed by atoms with Gasteiger partial charge in [-0.3, -0.25) is 10.1 Å². The van der Waals surface area contributed by atoms with Gasteiger partial charge >= 0.3 is 5.69 Å². The third-order valence-electron chi connectivity index (χ3n) is 3.03. The van der Waals surface area contributed by atoms with Gasteiger partial charge in [-0.2, -0.15) is 4.31 Å². The van der Waals surface area contributed by atoms with Crippen LogP contribution in [-0.2, 0) is 10.0 Å². The number of β-amino-alcohol motifs (C(OH)–C–C–N with tert-alkyl or cyclic N) is 1. The molecule has 0 bridgehead atoms. The number of hydrogen-bond acceptors (Lipinski definition) is 8. The molecule has 0 aromatic carbocycles. The number of thiophene rings is 1. The van der Waals surface area contributed by atoms with E-state index in [9.17, 15) is 23.6 Å². The number of anilines is 1. The number of hydrogen-bond donors (Lipinski definition) is 3. The van der Waals surface area contributed by atoms with Gasteiger partial charge in [-0.25, -0.2) is 14.3 Å². The molecule has 1 unspecified atom stereocenters. The summed E-state index contributed by atoms with van der Waals surface area (Å²) in [6.45, 7) is 1.69. The van der Waals surface area contributed by atoms with Crippen LogP contribution in [-0.4, -0.2) is 41.4 Å². The maximum atomic E-state index is 12.4. The Balaban J connectivity index is 2.38. The van der Waals surface area contributed by atoms with Gasteiger partial charge < -0.3 is 10.5 Å². The van der Waals surface area contributed by atoms with Gasteiger partial charge in [0, 0.05) is 19.2 Å². The van der Waals surface area contributed by atoms with E-state index in [1.165, 1.54) is 0 Å². The Labute approximate surface area is 119 Å². The second kappa shape index (κ2) is 4.93. The largest absolute Gasteiger partial charge is 0.389 e. The van der Waals surface area contributed by atoms with Crippen molar-refractivity contribution >= 4 is 32.0 Å². The number of aliphatic hydroxyl groups is 1. The summed E-state index contributed by atoms with van der Waals surface area (Å²) in [6.07, 6.45) is 0.321. The Morgan fingerprint density at radius 2 is 2.30 bits per heavy atom. The highest BCUT2D eigenvalue weighted by Gasteiger charge is 2.40. The Hall–Kier alpha value is -1.27. The summed E-state index contributed by atoms with van der Waals surface area (Å²) in [4.78, 5) is 10.1. The van der Waals surface area contributed by atoms with Gasteiger partial charge in [-0.1, -0.05) is 11.3 Å². The number of rotatable bonds is 4. The molecule has 2 heterocycles. The maximum absolute atomic E-state index is 12.4. The molecular formula is C9H14N4O5S2. The van der Waals surface area contributed by atoms with E-state index in [1.54, 1.807) is 6.92 Å². The van der Waals surface area contributed by atoms with Crippen LogP contribution in [0.4, 0.5) is 10.7 Å². The van der Waals surface area contributed by atoms with Crippen LogP contribution in [0.5, 0.6) is 0 Å². The molecule has 0 amide bonds. The third-order valence-corrected chi connectivity index (χ3v) is 6.38. The molecule has 1 aliphatic heterocycles. The molecule has 0 spiro atoms. The quantitative estimate of drug-likeness (QED) is 0.405. The molecule has 1 saturated heterocycles. The molecule has 1 aromatic rings. The number of sulfonamides is 1. The van der Waals surface area contributed by atoms with Crippen molar-refractivity contribution in [3.8, 4) is 0 Å². The van der Waals surface area contributed by atoms with Crippen molar-refractivity contribution in [2.24, 2.45) is 5.84 Å². The molecule has 9 nitrogen and oxygen atoms in total. The van der Waals surface area contributed by atoms with E-state index in [-0.39, 0.29) is 28.0 Å². The van der Waals surface area contributed by atoms with Gasteiger partial charge in [0.1, 0.15) is 4.21 Å². The van der Waals surface area contributed by atoms with E-state index in [1.807, 2.05) is 0 Å². The molecule has 1 fully saturated rings. The molecule has 4 N–H and O–H groups in total. The highest BCUT2D eigenvalue weighted by Crippen LogP contribution is 2.38. The predicted octanol–water partition coefficient (Wildman–Crippen LogP) is 0.0873. The highest BCUT2D eigenvalue weighted by atomic mass is 32.2. The minimum atomic E-state index is -3.86. The smallest absolute Gasteiger partial charge is 0.306 e. The Kier molecular flexibility index (Phi) is 3.73. The number of hydrazine groups is 1. The number of nitrogens with zero attached hydrogens (tertiary/aromatic N) is 2. The highest BCUT2D eigenvalue weighted by molar-refractivity contribution is 7.91. The summed E-state index contributed by atoms with van der Waals surface area (Å²) in [5.74, 6) is 5.15. The first-order chi connectivity index (χ1) is 9.17. The van der Waals surface area contributed by atoms with Crippen LogP contribution in [0, 0.1) is 10.1 Å². The Morgan fingerprint density at radius 1 is 1.65 bits per heavy atom. The van der Waals surface area contributed by atoms with Crippen molar-refractivity contribution in [1.82, 2.24) is 4.31 Å². The molecular weight excluding hydrogens is 308 g/mol. The topological polar surface area (TPSA) is 139 Å². The predicted molar refractivity (Wildman–Crippen MR) is 72.8 cm³/mol. The summed E-state index contributed by atoms with van der Waals surface area (Å²) in [5.41, 5.74) is 0.656. The molecule has 1 aromatic heterocycles. The minimum absolute atomic E-state index is 0.0282. The zero-order valence-corrected chi connectivity index (χ0v) is 12.2. The molecule has 0 radical (unpaired) electrons. The molecule has 1 aliphatic rings. The lowest BCUT2D eigenvalue weighted by atomic mass is 10.1. The van der Waals surface area contributed by atoms with Gasteiger partial charge in [0.25, 0.3) is 10.0 Å². The Morgan fingerprint density at radius 3 is 2.70 bits per heavy atom. The average Bonchev–Trinajstić information content (AvgIpc) is 2.92. The van der Waals surface area contributed by atoms with E-state index in [2.05, 4.69) is 5.43 Å². The van der Waals surface area contributed by atoms with E-state index in [0.29, 0.717) is 17.8 Å². The second-order valence-electron chi connectivity index (χ2n) is 4.77. The van der Waals surface area contributed by atoms with Gasteiger partial charge in [0.15, 0.2) is 5.00 Å². The maximum Gasteiger partial charge on any atom is 0.306 e. The Bertz CT molecular complexity index is 639. The van der Waals surface area contributed by atoms with E-state index >= 15 is 0 Å². The molecule has 0 saturated carbocycles. The first-order valence-electron chi connectivity index (χ1n) is 5.65. The van der Waals surface area contributed by atoms with Crippen LogP contribution >= 0.6 is 11.3 Å². The molecule has 112 valence electrons. The lowest BCUT2D eigenvalue weighted by Gasteiger charge is -2.17. The van der Waals surface area contributed by atoms with E-state index in [4.69, 9.17) is 5.84 Å². The summed E-state index contributed by atoms with van der Waals surface area (Å²) in [5, 5.41) is 20.6. The number of nitrogen functional groups attached to an aromatic ring is 1. The average molecular weight is 322 g/mol. The van der Waals surface area contributed by atoms with Crippen LogP contribution in [0.3, 0.4) is 0 Å². The standard InChI is InChI=1S/C9H14N4O5S2/c1-9(14)2-3-12(5-9)20(17,18)7-4-6(13(15)16)8(11-10)19-7/h4,11,14H,2-3,5,10H2,1H3. The van der Waals surface area contributed by atoms with Crippen LogP contribution in [0.15, 0.2) is 10.3 Å². The van der Waals surface area contributed by atoms with Crippen LogP contribution in [0.1, 0.15) is 13.3 Å². The van der Waals surface area contributed by atoms with Gasteiger partial charge in [0.2, 0.25) is 0 Å². The molecule has 11 heteroatoms. The summed E-state index contributed by atoms with van der Waals surface area (Å²) >= 11 is 0.693. The summed E-state index contributed by atoms with van der Waals surface area (Å²) < 4.78 is 25.7. The van der Waals surface area contributed by atoms with Crippen molar-refractivity contribution in [3.63, 3.8) is 0 Å². The first-order valence-corrected chi connectivity index (χ1v) is 7.90. The molecule has 1 atom stereocenters. The van der Waals surface area contributed by atoms with Crippen molar-refractivity contribution in [1.29, 1.82) is 0 Å². The SMILES string of the molecule is CC1(O)CCN(S(=O)(=O)c2cc([N+](=O)[O-])c(NN)s2)C1. The van der Waals surface area contributed by atoms with Gasteiger partial charge in [-0.15, -0.1) is 0 Å². The summed E-state index contributed by atoms with van der Waals surface area (Å²) in [6, 6.07) is 0.974. The lowest BCUT2D eigenvalue weighted by Crippen LogP contribution is -2.33. The second-order valence-corrected chi connectivity index (χ2v) is 7.98. The van der Waals surface area contributed by atoms with E-state index < -0.39 is 20.5 Å². The number of nitrogens with one attached hydrogen (secondary N) is 1. The van der Waals surface area contributed by atoms with Gasteiger partial charge in [0.05, 0.1) is 10.5 Å². The first kappa shape index (κ1) is 15.1. The van der Waals surface area contributed by atoms with Crippen molar-refractivity contribution in [2.75, 3.05) is 18.5 Å². The van der Waals surface area contributed by atoms with Crippen LogP contribution in [0.2, 0.25) is 0 Å². The van der Waals surface area contributed by atoms with Crippen molar-refractivity contribution in [3.05, 3.63) is 16.2 Å². The van der Waals surface area contributed by atoms with Crippen LogP contribution in [0.25, 0.3) is 0 Å². The fourth-order valence-electron chi connectivity index (χ4n) is 1.96. The number of nitrogens with two attached hydrogens (primary N) is 1. The van der Waals surface area contributed by atoms with Crippen molar-refractivity contribution < 1.29 is 18.4 Å². The zero-order valence-electron chi connectivity index (χ0n) is 10.6. The number of nitro groups is 1. The van der Waals surface area contributed by atoms with E-state index in [0.717, 1.165) is 10.4 Å². The van der Waals surface area contributed by atoms with Crippen LogP contribution < -0.4 is 11.3 Å². The zero-order chi connectivity index (χ0) is 15.1. The monoisotopic (exact) mass is 322 g/mol. The third kappa shape index (κ3) is 2.62.